The van der Waals surface area contributed by atoms with E-state index in [0.717, 1.165) is 19.5 Å². The molecule has 3 aromatic rings. The summed E-state index contributed by atoms with van der Waals surface area (Å²) >= 11 is 5.98. The number of nitrogens with zero attached hydrogens (tertiary/aromatic N) is 5. The number of fused-ring (bicyclic) bond motifs is 2. The first-order valence-electron chi connectivity index (χ1n) is 9.72. The summed E-state index contributed by atoms with van der Waals surface area (Å²) in [4.78, 5) is 21.7. The van der Waals surface area contributed by atoms with Gasteiger partial charge in [0.15, 0.2) is 11.3 Å². The van der Waals surface area contributed by atoms with Gasteiger partial charge in [-0.3, -0.25) is 4.79 Å². The molecule has 0 bridgehead atoms. The third kappa shape index (κ3) is 3.11. The molecule has 1 aromatic carbocycles. The van der Waals surface area contributed by atoms with Crippen LogP contribution in [0.15, 0.2) is 36.7 Å². The standard InChI is InChI=1S/C21H24ClN5O/c1-4-25(5-2)19-8-6-7-16-14(3)26(10-9-17(16)19)21(28)18-11-20-23-12-15(22)13-27(20)24-18/h6-8,11-14H,4-5,9-10H2,1-3H3. The minimum absolute atomic E-state index is 0.00637. The van der Waals surface area contributed by atoms with Gasteiger partial charge >= 0.3 is 0 Å². The zero-order valence-corrected chi connectivity index (χ0v) is 17.1. The molecular formula is C21H24ClN5O. The van der Waals surface area contributed by atoms with Gasteiger partial charge in [0.05, 0.1) is 17.3 Å². The molecule has 0 fully saturated rings. The Morgan fingerprint density at radius 3 is 2.86 bits per heavy atom. The van der Waals surface area contributed by atoms with Crippen molar-refractivity contribution in [2.75, 3.05) is 24.5 Å². The number of rotatable bonds is 4. The molecule has 2 aromatic heterocycles. The van der Waals surface area contributed by atoms with E-state index in [4.69, 9.17) is 11.6 Å². The van der Waals surface area contributed by atoms with Crippen LogP contribution in [0.4, 0.5) is 5.69 Å². The van der Waals surface area contributed by atoms with Gasteiger partial charge in [-0.05, 0) is 44.4 Å². The summed E-state index contributed by atoms with van der Waals surface area (Å²) in [5, 5.41) is 4.87. The number of halogens is 1. The summed E-state index contributed by atoms with van der Waals surface area (Å²) in [7, 11) is 0. The molecule has 0 spiro atoms. The topological polar surface area (TPSA) is 53.7 Å². The lowest BCUT2D eigenvalue weighted by molar-refractivity contribution is 0.0671. The van der Waals surface area contributed by atoms with E-state index in [1.165, 1.54) is 16.8 Å². The molecule has 4 rings (SSSR count). The third-order valence-electron chi connectivity index (χ3n) is 5.57. The van der Waals surface area contributed by atoms with Crippen LogP contribution in [0, 0.1) is 0 Å². The zero-order chi connectivity index (χ0) is 19.8. The van der Waals surface area contributed by atoms with E-state index in [2.05, 4.69) is 54.0 Å². The highest BCUT2D eigenvalue weighted by atomic mass is 35.5. The second-order valence-corrected chi connectivity index (χ2v) is 7.48. The number of carbonyl (C=O) groups is 1. The fraction of sp³-hybridized carbons (Fsp3) is 0.381. The number of carbonyl (C=O) groups excluding carboxylic acids is 1. The fourth-order valence-electron chi connectivity index (χ4n) is 4.09. The van der Waals surface area contributed by atoms with Gasteiger partial charge in [-0.1, -0.05) is 23.7 Å². The molecule has 7 heteroatoms. The Kier molecular flexibility index (Phi) is 4.98. The lowest BCUT2D eigenvalue weighted by Crippen LogP contribution is -2.39. The molecule has 146 valence electrons. The Morgan fingerprint density at radius 2 is 2.11 bits per heavy atom. The Labute approximate surface area is 169 Å². The smallest absolute Gasteiger partial charge is 0.274 e. The summed E-state index contributed by atoms with van der Waals surface area (Å²) in [5.41, 5.74) is 4.86. The van der Waals surface area contributed by atoms with E-state index in [9.17, 15) is 4.79 Å². The van der Waals surface area contributed by atoms with Crippen molar-refractivity contribution in [2.24, 2.45) is 0 Å². The molecule has 0 saturated carbocycles. The lowest BCUT2D eigenvalue weighted by Gasteiger charge is -2.37. The molecule has 0 aliphatic carbocycles. The Bertz CT molecular complexity index is 1030. The molecule has 28 heavy (non-hydrogen) atoms. The molecule has 1 unspecified atom stereocenters. The predicted molar refractivity (Wildman–Crippen MR) is 111 cm³/mol. The molecule has 0 N–H and O–H groups in total. The fourth-order valence-corrected chi connectivity index (χ4v) is 4.23. The number of anilines is 1. The Balaban J connectivity index is 1.66. The second kappa shape index (κ2) is 7.43. The monoisotopic (exact) mass is 397 g/mol. The van der Waals surface area contributed by atoms with Gasteiger partial charge in [0.2, 0.25) is 0 Å². The van der Waals surface area contributed by atoms with Gasteiger partial charge in [0.25, 0.3) is 5.91 Å². The zero-order valence-electron chi connectivity index (χ0n) is 16.4. The van der Waals surface area contributed by atoms with Crippen LogP contribution in [0.1, 0.15) is 48.4 Å². The van der Waals surface area contributed by atoms with Gasteiger partial charge in [-0.15, -0.1) is 0 Å². The first-order chi connectivity index (χ1) is 13.5. The maximum Gasteiger partial charge on any atom is 0.274 e. The highest BCUT2D eigenvalue weighted by Crippen LogP contribution is 2.36. The van der Waals surface area contributed by atoms with Crippen LogP contribution in [0.3, 0.4) is 0 Å². The SMILES string of the molecule is CCN(CC)c1cccc2c1CCN(C(=O)c1cc3ncc(Cl)cn3n1)C2C. The molecule has 0 radical (unpaired) electrons. The van der Waals surface area contributed by atoms with E-state index in [-0.39, 0.29) is 11.9 Å². The van der Waals surface area contributed by atoms with Crippen LogP contribution < -0.4 is 4.90 Å². The van der Waals surface area contributed by atoms with Crippen LogP contribution in [0.2, 0.25) is 5.02 Å². The third-order valence-corrected chi connectivity index (χ3v) is 5.77. The van der Waals surface area contributed by atoms with E-state index >= 15 is 0 Å². The van der Waals surface area contributed by atoms with E-state index in [1.54, 1.807) is 23.0 Å². The Hall–Kier alpha value is -2.60. The summed E-state index contributed by atoms with van der Waals surface area (Å²) < 4.78 is 1.55. The van der Waals surface area contributed by atoms with Crippen molar-refractivity contribution >= 4 is 28.8 Å². The summed E-state index contributed by atoms with van der Waals surface area (Å²) in [6.07, 6.45) is 4.06. The minimum Gasteiger partial charge on any atom is -0.372 e. The highest BCUT2D eigenvalue weighted by Gasteiger charge is 2.31. The average molecular weight is 398 g/mol. The predicted octanol–water partition coefficient (Wildman–Crippen LogP) is 3.99. The number of benzene rings is 1. The molecule has 1 amide bonds. The van der Waals surface area contributed by atoms with Gasteiger partial charge in [-0.25, -0.2) is 9.50 Å². The van der Waals surface area contributed by atoms with Crippen molar-refractivity contribution in [3.63, 3.8) is 0 Å². The molecule has 0 saturated heterocycles. The van der Waals surface area contributed by atoms with E-state index in [1.807, 2.05) is 4.90 Å². The van der Waals surface area contributed by atoms with Crippen molar-refractivity contribution in [3.8, 4) is 0 Å². The number of hydrogen-bond donors (Lipinski definition) is 0. The Morgan fingerprint density at radius 1 is 1.32 bits per heavy atom. The van der Waals surface area contributed by atoms with Crippen LogP contribution in [0.25, 0.3) is 5.65 Å². The molecule has 1 aliphatic rings. The lowest BCUT2D eigenvalue weighted by atomic mass is 9.91. The summed E-state index contributed by atoms with van der Waals surface area (Å²) in [6, 6.07) is 8.12. The highest BCUT2D eigenvalue weighted by molar-refractivity contribution is 6.30. The first kappa shape index (κ1) is 18.7. The maximum absolute atomic E-state index is 13.2. The first-order valence-corrected chi connectivity index (χ1v) is 10.1. The van der Waals surface area contributed by atoms with Gasteiger partial charge in [0, 0.05) is 37.6 Å². The minimum atomic E-state index is -0.0759. The van der Waals surface area contributed by atoms with Crippen LogP contribution in [0.5, 0.6) is 0 Å². The average Bonchev–Trinajstić information content (AvgIpc) is 3.12. The molecule has 6 nitrogen and oxygen atoms in total. The summed E-state index contributed by atoms with van der Waals surface area (Å²) in [5.74, 6) is -0.0759. The quantitative estimate of drug-likeness (QED) is 0.668. The van der Waals surface area contributed by atoms with Gasteiger partial charge in [0.1, 0.15) is 0 Å². The number of amides is 1. The number of hydrogen-bond acceptors (Lipinski definition) is 4. The summed E-state index contributed by atoms with van der Waals surface area (Å²) in [6.45, 7) is 9.06. The van der Waals surface area contributed by atoms with Crippen LogP contribution in [-0.2, 0) is 6.42 Å². The van der Waals surface area contributed by atoms with Crippen molar-refractivity contribution in [3.05, 3.63) is 58.5 Å². The van der Waals surface area contributed by atoms with E-state index in [0.29, 0.717) is 22.9 Å². The molecule has 3 heterocycles. The largest absolute Gasteiger partial charge is 0.372 e. The van der Waals surface area contributed by atoms with Crippen LogP contribution in [-0.4, -0.2) is 45.0 Å². The van der Waals surface area contributed by atoms with Crippen molar-refractivity contribution in [2.45, 2.75) is 33.2 Å². The van der Waals surface area contributed by atoms with Crippen molar-refractivity contribution in [1.29, 1.82) is 0 Å². The normalized spacial score (nSPS) is 16.3. The van der Waals surface area contributed by atoms with Crippen molar-refractivity contribution < 1.29 is 4.79 Å². The van der Waals surface area contributed by atoms with E-state index < -0.39 is 0 Å². The van der Waals surface area contributed by atoms with Gasteiger partial charge in [-0.2, -0.15) is 5.10 Å². The maximum atomic E-state index is 13.2. The van der Waals surface area contributed by atoms with Gasteiger partial charge < -0.3 is 9.80 Å². The van der Waals surface area contributed by atoms with Crippen LogP contribution >= 0.6 is 11.6 Å². The molecule has 1 atom stereocenters. The second-order valence-electron chi connectivity index (χ2n) is 7.05. The van der Waals surface area contributed by atoms with Crippen molar-refractivity contribution in [1.82, 2.24) is 19.5 Å². The molecular weight excluding hydrogens is 374 g/mol. The molecule has 1 aliphatic heterocycles. The number of aromatic nitrogens is 3.